The molecule has 11 heteroatoms. The number of imide groups is 1. The number of nitrogens with one attached hydrogen (secondary N) is 1. The van der Waals surface area contributed by atoms with Crippen molar-refractivity contribution in [3.63, 3.8) is 0 Å². The average Bonchev–Trinajstić information content (AvgIpc) is 3.25. The first-order chi connectivity index (χ1) is 15.5. The van der Waals surface area contributed by atoms with Crippen molar-refractivity contribution in [2.24, 2.45) is 11.8 Å². The quantitative estimate of drug-likeness (QED) is 0.320. The Kier molecular flexibility index (Phi) is 6.01. The van der Waals surface area contributed by atoms with Gasteiger partial charge in [0.25, 0.3) is 0 Å². The van der Waals surface area contributed by atoms with Gasteiger partial charge >= 0.3 is 5.97 Å². The van der Waals surface area contributed by atoms with Crippen molar-refractivity contribution in [2.75, 3.05) is 11.5 Å². The molecule has 2 aliphatic heterocycles. The van der Waals surface area contributed by atoms with Gasteiger partial charge in [-0.1, -0.05) is 34.8 Å². The number of Topliss-reactive ketones (excluding diaryl/α,β-unsaturated/α-hetero) is 1. The number of amides is 2. The molecule has 4 atom stereocenters. The normalized spacial score (nSPS) is 26.6. The van der Waals surface area contributed by atoms with Crippen LogP contribution in [0, 0.1) is 11.8 Å². The van der Waals surface area contributed by atoms with Crippen molar-refractivity contribution in [1.29, 1.82) is 0 Å². The highest BCUT2D eigenvalue weighted by atomic mass is 35.5. The number of halogens is 3. The minimum atomic E-state index is -2.14. The maximum atomic E-state index is 13.5. The Hall–Kier alpha value is -2.49. The Labute approximate surface area is 203 Å². The third-order valence-electron chi connectivity index (χ3n) is 6.17. The van der Waals surface area contributed by atoms with Crippen LogP contribution in [0.4, 0.5) is 5.69 Å². The number of hydrogen-bond donors (Lipinski definition) is 3. The summed E-state index contributed by atoms with van der Waals surface area (Å²) in [5.41, 5.74) is -1.35. The largest absolute Gasteiger partial charge is 0.480 e. The minimum Gasteiger partial charge on any atom is -0.480 e. The number of hydrogen-bond acceptors (Lipinski definition) is 6. The minimum absolute atomic E-state index is 0.0426. The van der Waals surface area contributed by atoms with Gasteiger partial charge in [0.2, 0.25) is 11.8 Å². The summed E-state index contributed by atoms with van der Waals surface area (Å²) in [6.07, 6.45) is 0. The van der Waals surface area contributed by atoms with Gasteiger partial charge in [-0.25, -0.2) is 4.90 Å². The molecule has 0 aromatic heterocycles. The molecule has 2 heterocycles. The predicted octanol–water partition coefficient (Wildman–Crippen LogP) is 3.12. The summed E-state index contributed by atoms with van der Waals surface area (Å²) >= 11 is 18.6. The van der Waals surface area contributed by atoms with Crippen LogP contribution >= 0.6 is 34.8 Å². The molecule has 2 fully saturated rings. The molecule has 0 bridgehead atoms. The molecule has 2 saturated heterocycles. The van der Waals surface area contributed by atoms with E-state index in [1.807, 2.05) is 0 Å². The van der Waals surface area contributed by atoms with Gasteiger partial charge < -0.3 is 10.2 Å². The third-order valence-corrected chi connectivity index (χ3v) is 7.21. The van der Waals surface area contributed by atoms with Crippen LogP contribution < -0.4 is 10.2 Å². The molecule has 0 saturated carbocycles. The second-order valence-corrected chi connectivity index (χ2v) is 9.19. The van der Waals surface area contributed by atoms with Crippen LogP contribution in [-0.4, -0.2) is 45.9 Å². The molecule has 3 N–H and O–H groups in total. The van der Waals surface area contributed by atoms with E-state index in [0.717, 1.165) is 4.90 Å². The van der Waals surface area contributed by atoms with Crippen LogP contribution in [0.3, 0.4) is 0 Å². The lowest BCUT2D eigenvalue weighted by Crippen LogP contribution is -2.58. The number of fused-ring (bicyclic) bond motifs is 1. The third kappa shape index (κ3) is 3.53. The molecule has 4 unspecified atom stereocenters. The number of rotatable bonds is 5. The highest BCUT2D eigenvalue weighted by molar-refractivity contribution is 6.43. The lowest BCUT2D eigenvalue weighted by atomic mass is 9.79. The number of carboxylic acids is 1. The summed E-state index contributed by atoms with van der Waals surface area (Å²) in [5, 5.41) is 23.2. The average molecular weight is 512 g/mol. The first-order valence-corrected chi connectivity index (χ1v) is 10.9. The van der Waals surface area contributed by atoms with Crippen molar-refractivity contribution >= 4 is 64.1 Å². The number of ketones is 1. The summed E-state index contributed by atoms with van der Waals surface area (Å²) in [7, 11) is 0. The number of nitrogens with zero attached hydrogens (tertiary/aromatic N) is 1. The van der Waals surface area contributed by atoms with Crippen LogP contribution in [0.1, 0.15) is 28.9 Å². The summed E-state index contributed by atoms with van der Waals surface area (Å²) in [6.45, 7) is 0.423. The van der Waals surface area contributed by atoms with Crippen molar-refractivity contribution < 1.29 is 29.4 Å². The number of aliphatic hydroxyl groups is 1. The Morgan fingerprint density at radius 2 is 1.73 bits per heavy atom. The lowest BCUT2D eigenvalue weighted by molar-refractivity contribution is -0.150. The Morgan fingerprint density at radius 3 is 2.27 bits per heavy atom. The van der Waals surface area contributed by atoms with Gasteiger partial charge in [0.15, 0.2) is 11.3 Å². The molecule has 172 valence electrons. The summed E-state index contributed by atoms with van der Waals surface area (Å²) in [4.78, 5) is 51.7. The molecule has 2 aliphatic rings. The van der Waals surface area contributed by atoms with E-state index in [1.54, 1.807) is 0 Å². The Morgan fingerprint density at radius 1 is 1.09 bits per heavy atom. The van der Waals surface area contributed by atoms with Gasteiger partial charge in [-0.3, -0.25) is 24.5 Å². The van der Waals surface area contributed by atoms with Gasteiger partial charge in [0, 0.05) is 16.6 Å². The molecular weight excluding hydrogens is 495 g/mol. The van der Waals surface area contributed by atoms with E-state index < -0.39 is 47.8 Å². The van der Waals surface area contributed by atoms with Crippen molar-refractivity contribution in [1.82, 2.24) is 5.32 Å². The SMILES string of the molecule is CC(=O)c1ccc(N2C(=O)C3C(c4cc(Cl)cc(Cl)c4Cl)NC(CO)(C(=O)O)C3C2=O)cc1. The zero-order valence-corrected chi connectivity index (χ0v) is 19.3. The van der Waals surface area contributed by atoms with E-state index in [4.69, 9.17) is 34.8 Å². The van der Waals surface area contributed by atoms with Crippen molar-refractivity contribution in [3.8, 4) is 0 Å². The van der Waals surface area contributed by atoms with Gasteiger partial charge in [0.1, 0.15) is 0 Å². The highest BCUT2D eigenvalue weighted by Gasteiger charge is 2.69. The highest BCUT2D eigenvalue weighted by Crippen LogP contribution is 2.51. The number of benzene rings is 2. The second kappa shape index (κ2) is 8.38. The zero-order valence-electron chi connectivity index (χ0n) is 17.0. The van der Waals surface area contributed by atoms with Crippen LogP contribution in [0.5, 0.6) is 0 Å². The van der Waals surface area contributed by atoms with E-state index in [9.17, 15) is 29.4 Å². The first-order valence-electron chi connectivity index (χ1n) is 9.78. The monoisotopic (exact) mass is 510 g/mol. The molecule has 33 heavy (non-hydrogen) atoms. The van der Waals surface area contributed by atoms with Gasteiger partial charge in [-0.2, -0.15) is 0 Å². The second-order valence-electron chi connectivity index (χ2n) is 7.97. The fourth-order valence-electron chi connectivity index (χ4n) is 4.58. The van der Waals surface area contributed by atoms with Crippen molar-refractivity contribution in [2.45, 2.75) is 18.5 Å². The number of carbonyl (C=O) groups is 4. The molecule has 0 aliphatic carbocycles. The Bertz CT molecular complexity index is 1200. The topological polar surface area (TPSA) is 124 Å². The molecule has 0 radical (unpaired) electrons. The molecule has 2 aromatic carbocycles. The molecule has 8 nitrogen and oxygen atoms in total. The maximum absolute atomic E-state index is 13.5. The number of aliphatic carboxylic acids is 1. The number of aliphatic hydroxyl groups excluding tert-OH is 1. The fraction of sp³-hybridized carbons (Fsp3) is 0.273. The van der Waals surface area contributed by atoms with E-state index in [1.165, 1.54) is 43.3 Å². The van der Waals surface area contributed by atoms with E-state index in [0.29, 0.717) is 5.56 Å². The molecular formula is C22H17Cl3N2O6. The standard InChI is InChI=1S/C22H17Cl3N2O6/c1-9(29)10-2-4-12(5-3-10)27-19(30)15-16(20(27)31)22(8-28,21(32)33)26-18(15)13-6-11(23)7-14(24)17(13)25/h2-7,15-16,18,26,28H,8H2,1H3,(H,32,33). The number of carboxylic acid groups (broad SMARTS) is 1. The summed E-state index contributed by atoms with van der Waals surface area (Å²) in [5.74, 6) is -5.81. The summed E-state index contributed by atoms with van der Waals surface area (Å²) < 4.78 is 0. The molecule has 4 rings (SSSR count). The predicted molar refractivity (Wildman–Crippen MR) is 121 cm³/mol. The van der Waals surface area contributed by atoms with Gasteiger partial charge in [0.05, 0.1) is 34.2 Å². The lowest BCUT2D eigenvalue weighted by Gasteiger charge is -2.29. The molecule has 2 amide bonds. The van der Waals surface area contributed by atoms with E-state index in [2.05, 4.69) is 5.32 Å². The van der Waals surface area contributed by atoms with Crippen LogP contribution in [0.25, 0.3) is 0 Å². The fourth-order valence-corrected chi connectivity index (χ4v) is 5.32. The van der Waals surface area contributed by atoms with Crippen molar-refractivity contribution in [3.05, 3.63) is 62.6 Å². The maximum Gasteiger partial charge on any atom is 0.327 e. The van der Waals surface area contributed by atoms with Gasteiger partial charge in [-0.05, 0) is 48.9 Å². The smallest absolute Gasteiger partial charge is 0.327 e. The van der Waals surface area contributed by atoms with Gasteiger partial charge in [-0.15, -0.1) is 0 Å². The van der Waals surface area contributed by atoms with Crippen LogP contribution in [0.2, 0.25) is 15.1 Å². The van der Waals surface area contributed by atoms with E-state index >= 15 is 0 Å². The molecule has 2 aromatic rings. The van der Waals surface area contributed by atoms with Crippen LogP contribution in [0.15, 0.2) is 36.4 Å². The van der Waals surface area contributed by atoms with E-state index in [-0.39, 0.29) is 32.1 Å². The Balaban J connectivity index is 1.86. The van der Waals surface area contributed by atoms with Crippen LogP contribution in [-0.2, 0) is 14.4 Å². The molecule has 0 spiro atoms. The number of anilines is 1. The summed E-state index contributed by atoms with van der Waals surface area (Å²) in [6, 6.07) is 7.55. The number of carbonyl (C=O) groups excluding carboxylic acids is 3. The first kappa shape index (κ1) is 23.7. The zero-order chi connectivity index (χ0) is 24.2.